The molecular weight excluding hydrogens is 1140 g/mol. The highest BCUT2D eigenvalue weighted by atomic mass is 32.2. The lowest BCUT2D eigenvalue weighted by atomic mass is 9.92. The standard InChI is InChI=1S/C30H33N5O6S.C28H31NO4.C10H12O3/c1-30(2,3)41-29(36)34-16-15-22-17-27(40-19-21-11-7-5-8-12-21)26(39-4)18-24(22)25(34)20-42(37,38)28-31-32-33-35(28)23-13-9-6-10-14-23;1-19-14-22(26(31-3)17-25(19)30-2)10-11-24-23-16-27(32-4)28(15-21(23)12-13-29-24)33-18-20-8-6-5-7-9-20;1-7-4-8(6-11)10(13-3)5-9(7)12-2/h5-14,17-18,25H,15-16,19-20H2,1-4H3;5-11,14-17,24,29H,12-13,18H2,1-4H3;4-6H,1-3H3/b;11-10+;. The summed E-state index contributed by atoms with van der Waals surface area (Å²) in [6.07, 6.45) is 5.84. The normalized spacial score (nSPS) is 14.3. The summed E-state index contributed by atoms with van der Waals surface area (Å²) in [5.41, 5.74) is 9.33. The quantitative estimate of drug-likeness (QED) is 0.0746. The Kier molecular flexibility index (Phi) is 21.9. The number of nitrogens with zero attached hydrogens (tertiary/aromatic N) is 5. The van der Waals surface area contributed by atoms with Crippen LogP contribution in [-0.2, 0) is 40.6 Å². The number of fused-ring (bicyclic) bond motifs is 2. The van der Waals surface area contributed by atoms with Gasteiger partial charge in [-0.05, 0) is 151 Å². The molecule has 0 bridgehead atoms. The smallest absolute Gasteiger partial charge is 0.410 e. The molecule has 0 radical (unpaired) electrons. The van der Waals surface area contributed by atoms with Crippen LogP contribution < -0.4 is 43.2 Å². The number of aldehydes is 1. The molecule has 88 heavy (non-hydrogen) atoms. The zero-order valence-electron chi connectivity index (χ0n) is 51.6. The van der Waals surface area contributed by atoms with E-state index in [2.05, 4.69) is 63.3 Å². The molecule has 462 valence electrons. The maximum Gasteiger partial charge on any atom is 0.410 e. The summed E-state index contributed by atoms with van der Waals surface area (Å²) in [5.74, 6) is 4.86. The molecule has 19 nitrogen and oxygen atoms in total. The van der Waals surface area contributed by atoms with Gasteiger partial charge in [-0.15, -0.1) is 0 Å². The number of aromatic nitrogens is 4. The Labute approximate surface area is 515 Å². The summed E-state index contributed by atoms with van der Waals surface area (Å²) in [4.78, 5) is 25.5. The van der Waals surface area contributed by atoms with Crippen molar-refractivity contribution in [2.75, 3.05) is 61.5 Å². The van der Waals surface area contributed by atoms with Gasteiger partial charge in [-0.1, -0.05) is 96.1 Å². The van der Waals surface area contributed by atoms with Gasteiger partial charge in [0.25, 0.3) is 5.16 Å². The van der Waals surface area contributed by atoms with Crippen molar-refractivity contribution in [3.05, 3.63) is 201 Å². The fraction of sp³-hybridized carbons (Fsp3) is 0.309. The third-order valence-electron chi connectivity index (χ3n) is 14.6. The molecule has 2 atom stereocenters. The fourth-order valence-corrected chi connectivity index (χ4v) is 11.7. The summed E-state index contributed by atoms with van der Waals surface area (Å²) in [6.45, 7) is 11.2. The number of aryl methyl sites for hydroxylation is 2. The molecule has 0 saturated heterocycles. The first-order valence-corrected chi connectivity index (χ1v) is 30.2. The molecule has 2 unspecified atom stereocenters. The molecule has 0 fully saturated rings. The molecule has 1 amide bonds. The Balaban J connectivity index is 0.000000193. The van der Waals surface area contributed by atoms with Crippen LogP contribution in [0.3, 0.4) is 0 Å². The third kappa shape index (κ3) is 16.2. The molecule has 3 heterocycles. The van der Waals surface area contributed by atoms with Crippen molar-refractivity contribution in [2.45, 2.75) is 83.5 Å². The first-order valence-electron chi connectivity index (χ1n) is 28.5. The van der Waals surface area contributed by atoms with Gasteiger partial charge >= 0.3 is 6.09 Å². The summed E-state index contributed by atoms with van der Waals surface area (Å²) >= 11 is 0. The largest absolute Gasteiger partial charge is 0.496 e. The van der Waals surface area contributed by atoms with Crippen LogP contribution >= 0.6 is 0 Å². The van der Waals surface area contributed by atoms with E-state index in [0.29, 0.717) is 53.7 Å². The molecule has 8 aromatic rings. The van der Waals surface area contributed by atoms with Crippen LogP contribution in [0.5, 0.6) is 46.0 Å². The number of amides is 1. The number of tetrazole rings is 1. The van der Waals surface area contributed by atoms with Crippen LogP contribution in [0, 0.1) is 13.8 Å². The second-order valence-electron chi connectivity index (χ2n) is 21.7. The van der Waals surface area contributed by atoms with Crippen molar-refractivity contribution in [3.63, 3.8) is 0 Å². The average molecular weight is 1220 g/mol. The van der Waals surface area contributed by atoms with Crippen molar-refractivity contribution in [1.82, 2.24) is 30.4 Å². The molecule has 20 heteroatoms. The minimum Gasteiger partial charge on any atom is -0.496 e. The van der Waals surface area contributed by atoms with Crippen molar-refractivity contribution in [1.29, 1.82) is 0 Å². The molecule has 0 saturated carbocycles. The third-order valence-corrected chi connectivity index (χ3v) is 16.2. The molecule has 0 aliphatic carbocycles. The van der Waals surface area contributed by atoms with Crippen LogP contribution in [0.25, 0.3) is 11.8 Å². The monoisotopic (exact) mass is 1220 g/mol. The van der Waals surface area contributed by atoms with Gasteiger partial charge in [0.1, 0.15) is 41.8 Å². The number of rotatable bonds is 19. The highest BCUT2D eigenvalue weighted by Crippen LogP contribution is 2.41. The Morgan fingerprint density at radius 1 is 0.614 bits per heavy atom. The second-order valence-corrected chi connectivity index (χ2v) is 23.6. The Hall–Kier alpha value is -9.40. The molecular formula is C68H76N6O13S. The van der Waals surface area contributed by atoms with E-state index in [-0.39, 0.29) is 17.7 Å². The van der Waals surface area contributed by atoms with Gasteiger partial charge in [-0.25, -0.2) is 13.2 Å². The zero-order valence-corrected chi connectivity index (χ0v) is 52.4. The van der Waals surface area contributed by atoms with Crippen molar-refractivity contribution >= 4 is 28.3 Å². The molecule has 1 N–H and O–H groups in total. The second kappa shape index (κ2) is 29.8. The number of para-hydroxylation sites is 1. The fourth-order valence-electron chi connectivity index (χ4n) is 10.2. The van der Waals surface area contributed by atoms with Gasteiger partial charge < -0.3 is 47.9 Å². The van der Waals surface area contributed by atoms with Gasteiger partial charge in [0.2, 0.25) is 9.84 Å². The summed E-state index contributed by atoms with van der Waals surface area (Å²) in [7, 11) is 5.54. The topological polar surface area (TPSA) is 210 Å². The molecule has 2 aliphatic heterocycles. The highest BCUT2D eigenvalue weighted by Gasteiger charge is 2.40. The van der Waals surface area contributed by atoms with E-state index in [9.17, 15) is 18.0 Å². The number of ether oxygens (including phenoxy) is 9. The highest BCUT2D eigenvalue weighted by molar-refractivity contribution is 7.91. The van der Waals surface area contributed by atoms with Gasteiger partial charge in [0.05, 0.1) is 71.7 Å². The van der Waals surface area contributed by atoms with Gasteiger partial charge in [0.15, 0.2) is 29.3 Å². The zero-order chi connectivity index (χ0) is 63.0. The van der Waals surface area contributed by atoms with E-state index in [1.807, 2.05) is 80.6 Å². The van der Waals surface area contributed by atoms with E-state index in [1.54, 1.807) is 91.7 Å². The van der Waals surface area contributed by atoms with Crippen LogP contribution in [0.4, 0.5) is 4.79 Å². The molecule has 0 spiro atoms. The van der Waals surface area contributed by atoms with Crippen LogP contribution in [0.2, 0.25) is 0 Å². The lowest BCUT2D eigenvalue weighted by Gasteiger charge is -2.38. The van der Waals surface area contributed by atoms with E-state index < -0.39 is 33.3 Å². The molecule has 1 aromatic heterocycles. The Morgan fingerprint density at radius 3 is 1.64 bits per heavy atom. The van der Waals surface area contributed by atoms with Crippen LogP contribution in [0.15, 0.2) is 151 Å². The predicted molar refractivity (Wildman–Crippen MR) is 336 cm³/mol. The average Bonchev–Trinajstić information content (AvgIpc) is 1.48. The van der Waals surface area contributed by atoms with Crippen molar-refractivity contribution < 1.29 is 60.6 Å². The number of hydrogen-bond donors (Lipinski definition) is 1. The number of hydrogen-bond acceptors (Lipinski definition) is 17. The minimum absolute atomic E-state index is 0.0675. The Morgan fingerprint density at radius 2 is 1.11 bits per heavy atom. The number of carbonyl (C=O) groups excluding carboxylic acids is 2. The number of sulfone groups is 1. The number of methoxy groups -OCH3 is 6. The number of carbonyl (C=O) groups is 2. The van der Waals surface area contributed by atoms with E-state index >= 15 is 0 Å². The maximum atomic E-state index is 13.9. The van der Waals surface area contributed by atoms with Gasteiger partial charge in [-0.3, -0.25) is 9.69 Å². The van der Waals surface area contributed by atoms with Gasteiger partial charge in [0, 0.05) is 30.8 Å². The van der Waals surface area contributed by atoms with E-state index in [0.717, 1.165) is 81.4 Å². The lowest BCUT2D eigenvalue weighted by molar-refractivity contribution is 0.0162. The van der Waals surface area contributed by atoms with Crippen molar-refractivity contribution in [2.24, 2.45) is 0 Å². The number of benzene rings is 7. The summed E-state index contributed by atoms with van der Waals surface area (Å²) in [5, 5.41) is 14.7. The lowest BCUT2D eigenvalue weighted by Crippen LogP contribution is -2.45. The van der Waals surface area contributed by atoms with Crippen LogP contribution in [0.1, 0.15) is 93.3 Å². The first-order chi connectivity index (χ1) is 42.4. The van der Waals surface area contributed by atoms with E-state index in [1.165, 1.54) is 34.9 Å². The van der Waals surface area contributed by atoms with Crippen LogP contribution in [-0.4, -0.2) is 113 Å². The number of nitrogens with one attached hydrogen (secondary N) is 1. The predicted octanol–water partition coefficient (Wildman–Crippen LogP) is 11.9. The molecule has 7 aromatic carbocycles. The van der Waals surface area contributed by atoms with Crippen molar-refractivity contribution in [3.8, 4) is 51.7 Å². The van der Waals surface area contributed by atoms with Gasteiger partial charge in [-0.2, -0.15) is 4.68 Å². The maximum absolute atomic E-state index is 13.9. The SMILES string of the molecule is COc1cc(OC)c(/C=C/C2NCCc3cc(OCc4ccccc4)c(OC)cc32)cc1C.COc1cc(OC)c(C=O)cc1C.COc1cc2c(cc1OCc1ccccc1)CCN(C(=O)OC(C)(C)C)C2CS(=O)(=O)c1nnnn1-c1ccccc1. The Bertz CT molecular complexity index is 3800. The van der Waals surface area contributed by atoms with E-state index in [4.69, 9.17) is 42.6 Å². The minimum atomic E-state index is -4.12. The summed E-state index contributed by atoms with van der Waals surface area (Å²) < 4.78 is 79.3. The molecule has 10 rings (SSSR count). The molecule has 2 aliphatic rings. The first kappa shape index (κ1) is 64.6. The summed E-state index contributed by atoms with van der Waals surface area (Å²) in [6, 6.07) is 43.1.